The third kappa shape index (κ3) is 4.65. The highest BCUT2D eigenvalue weighted by atomic mass is 32.2. The van der Waals surface area contributed by atoms with E-state index in [4.69, 9.17) is 0 Å². The first-order chi connectivity index (χ1) is 9.81. The molecule has 1 rings (SSSR count). The van der Waals surface area contributed by atoms with Gasteiger partial charge in [-0.1, -0.05) is 11.3 Å². The molecule has 0 radical (unpaired) electrons. The second-order valence-electron chi connectivity index (χ2n) is 3.89. The number of anilines is 1. The lowest BCUT2D eigenvalue weighted by molar-refractivity contribution is -0.383. The zero-order valence-corrected chi connectivity index (χ0v) is 13.1. The molecule has 0 bridgehead atoms. The molecule has 0 saturated carbocycles. The summed E-state index contributed by atoms with van der Waals surface area (Å²) in [6.07, 6.45) is -0.000572. The van der Waals surface area contributed by atoms with Gasteiger partial charge in [0.2, 0.25) is 15.9 Å². The summed E-state index contributed by atoms with van der Waals surface area (Å²) in [6, 6.07) is 0.991. The van der Waals surface area contributed by atoms with Gasteiger partial charge >= 0.3 is 5.69 Å². The number of sulfonamides is 1. The minimum absolute atomic E-state index is 0.000572. The fourth-order valence-corrected chi connectivity index (χ4v) is 3.82. The van der Waals surface area contributed by atoms with Crippen molar-refractivity contribution in [2.75, 3.05) is 25.5 Å². The van der Waals surface area contributed by atoms with Crippen molar-refractivity contribution in [3.8, 4) is 0 Å². The van der Waals surface area contributed by atoms with Gasteiger partial charge in [0.15, 0.2) is 5.00 Å². The van der Waals surface area contributed by atoms with Crippen LogP contribution in [0.2, 0.25) is 0 Å². The smallest absolute Gasteiger partial charge is 0.304 e. The van der Waals surface area contributed by atoms with Gasteiger partial charge in [0.05, 0.1) is 4.92 Å². The number of thiophene rings is 1. The molecule has 0 fully saturated rings. The van der Waals surface area contributed by atoms with Gasteiger partial charge < -0.3 is 10.6 Å². The van der Waals surface area contributed by atoms with Gasteiger partial charge in [-0.3, -0.25) is 14.9 Å². The van der Waals surface area contributed by atoms with E-state index in [1.54, 1.807) is 6.92 Å². The summed E-state index contributed by atoms with van der Waals surface area (Å²) in [5.74, 6) is -0.270. The number of amides is 1. The molecule has 1 amide bonds. The quantitative estimate of drug-likeness (QED) is 0.468. The van der Waals surface area contributed by atoms with Gasteiger partial charge in [-0.25, -0.2) is 13.1 Å². The molecule has 3 N–H and O–H groups in total. The summed E-state index contributed by atoms with van der Waals surface area (Å²) in [6.45, 7) is 2.15. The van der Waals surface area contributed by atoms with Gasteiger partial charge in [-0.15, -0.1) is 0 Å². The zero-order chi connectivity index (χ0) is 16.0. The second-order valence-corrected chi connectivity index (χ2v) is 6.93. The Morgan fingerprint density at radius 2 is 2.14 bits per heavy atom. The number of hydrogen-bond donors (Lipinski definition) is 3. The van der Waals surface area contributed by atoms with Crippen LogP contribution in [0.25, 0.3) is 0 Å². The van der Waals surface area contributed by atoms with Crippen LogP contribution in [-0.4, -0.2) is 39.4 Å². The molecule has 0 atom stereocenters. The molecule has 0 aliphatic heterocycles. The van der Waals surface area contributed by atoms with Gasteiger partial charge in [0, 0.05) is 32.6 Å². The van der Waals surface area contributed by atoms with Crippen molar-refractivity contribution in [1.29, 1.82) is 0 Å². The van der Waals surface area contributed by atoms with Gasteiger partial charge in [-0.05, 0) is 6.92 Å². The highest BCUT2D eigenvalue weighted by molar-refractivity contribution is 7.91. The minimum atomic E-state index is -3.87. The summed E-state index contributed by atoms with van der Waals surface area (Å²) in [7, 11) is -2.40. The van der Waals surface area contributed by atoms with Crippen LogP contribution in [0.1, 0.15) is 13.3 Å². The van der Waals surface area contributed by atoms with Crippen LogP contribution in [0.3, 0.4) is 0 Å². The number of carbonyl (C=O) groups excluding carboxylic acids is 1. The SMILES string of the molecule is CCNC(=O)CCNS(=O)(=O)c1cc([N+](=O)[O-])c(NC)s1. The van der Waals surface area contributed by atoms with E-state index in [1.165, 1.54) is 7.05 Å². The molecule has 1 heterocycles. The second kappa shape index (κ2) is 7.33. The van der Waals surface area contributed by atoms with Crippen molar-refractivity contribution < 1.29 is 18.1 Å². The van der Waals surface area contributed by atoms with E-state index in [0.29, 0.717) is 6.54 Å². The van der Waals surface area contributed by atoms with Crippen LogP contribution in [-0.2, 0) is 14.8 Å². The lowest BCUT2D eigenvalue weighted by Gasteiger charge is -2.04. The lowest BCUT2D eigenvalue weighted by Crippen LogP contribution is -2.30. The molecule has 1 aromatic heterocycles. The van der Waals surface area contributed by atoms with Crippen LogP contribution < -0.4 is 15.4 Å². The molecule has 0 aliphatic rings. The fourth-order valence-electron chi connectivity index (χ4n) is 1.46. The molecule has 1 aromatic rings. The monoisotopic (exact) mass is 336 g/mol. The standard InChI is InChI=1S/C10H16N4O5S2/c1-3-12-8(15)4-5-13-21(18,19)9-6-7(14(16)17)10(11-2)20-9/h6,11,13H,3-5H2,1-2H3,(H,12,15). The first kappa shape index (κ1) is 17.3. The predicted octanol–water partition coefficient (Wildman–Crippen LogP) is 0.502. The Balaban J connectivity index is 2.79. The van der Waals surface area contributed by atoms with Crippen molar-refractivity contribution in [3.63, 3.8) is 0 Å². The highest BCUT2D eigenvalue weighted by Gasteiger charge is 2.25. The zero-order valence-electron chi connectivity index (χ0n) is 11.5. The average molecular weight is 336 g/mol. The molecule has 21 heavy (non-hydrogen) atoms. The van der Waals surface area contributed by atoms with Crippen LogP contribution in [0.5, 0.6) is 0 Å². The molecule has 11 heteroatoms. The maximum atomic E-state index is 12.0. The predicted molar refractivity (Wildman–Crippen MR) is 79.0 cm³/mol. The van der Waals surface area contributed by atoms with Crippen LogP contribution in [0, 0.1) is 10.1 Å². The van der Waals surface area contributed by atoms with Crippen molar-refractivity contribution in [2.45, 2.75) is 17.6 Å². The molecule has 0 aliphatic carbocycles. The van der Waals surface area contributed by atoms with E-state index in [9.17, 15) is 23.3 Å². The Morgan fingerprint density at radius 1 is 1.48 bits per heavy atom. The van der Waals surface area contributed by atoms with E-state index in [2.05, 4.69) is 15.4 Å². The maximum absolute atomic E-state index is 12.0. The number of hydrogen-bond acceptors (Lipinski definition) is 7. The summed E-state index contributed by atoms with van der Waals surface area (Å²) < 4.78 is 26.1. The Morgan fingerprint density at radius 3 is 2.62 bits per heavy atom. The molecule has 0 unspecified atom stereocenters. The lowest BCUT2D eigenvalue weighted by atomic mass is 10.4. The van der Waals surface area contributed by atoms with Crippen molar-refractivity contribution in [1.82, 2.24) is 10.0 Å². The molecule has 0 spiro atoms. The summed E-state index contributed by atoms with van der Waals surface area (Å²) in [4.78, 5) is 21.4. The van der Waals surface area contributed by atoms with Crippen molar-refractivity contribution in [3.05, 3.63) is 16.2 Å². The van der Waals surface area contributed by atoms with E-state index in [1.807, 2.05) is 0 Å². The normalized spacial score (nSPS) is 11.1. The molecule has 9 nitrogen and oxygen atoms in total. The number of nitro groups is 1. The first-order valence-electron chi connectivity index (χ1n) is 6.04. The fraction of sp³-hybridized carbons (Fsp3) is 0.500. The van der Waals surface area contributed by atoms with Crippen molar-refractivity contribution >= 4 is 38.0 Å². The number of carbonyl (C=O) groups is 1. The summed E-state index contributed by atoms with van der Waals surface area (Å²) in [5.41, 5.74) is -0.299. The van der Waals surface area contributed by atoms with E-state index in [0.717, 1.165) is 17.4 Å². The number of nitrogens with zero attached hydrogens (tertiary/aromatic N) is 1. The van der Waals surface area contributed by atoms with Crippen LogP contribution >= 0.6 is 11.3 Å². The third-order valence-electron chi connectivity index (χ3n) is 2.40. The average Bonchev–Trinajstić information content (AvgIpc) is 2.83. The minimum Gasteiger partial charge on any atom is -0.374 e. The van der Waals surface area contributed by atoms with Crippen molar-refractivity contribution in [2.24, 2.45) is 0 Å². The topological polar surface area (TPSA) is 130 Å². The Kier molecular flexibility index (Phi) is 6.05. The number of nitrogens with one attached hydrogen (secondary N) is 3. The largest absolute Gasteiger partial charge is 0.374 e. The van der Waals surface area contributed by atoms with Gasteiger partial charge in [0.1, 0.15) is 4.21 Å². The highest BCUT2D eigenvalue weighted by Crippen LogP contribution is 2.36. The molecular weight excluding hydrogens is 320 g/mol. The van der Waals surface area contributed by atoms with E-state index in [-0.39, 0.29) is 33.8 Å². The molecule has 0 aromatic carbocycles. The Labute approximate surface area is 125 Å². The summed E-state index contributed by atoms with van der Waals surface area (Å²) in [5, 5.41) is 16.1. The Hall–Kier alpha value is -1.72. The first-order valence-corrected chi connectivity index (χ1v) is 8.34. The molecular formula is C10H16N4O5S2. The van der Waals surface area contributed by atoms with Crippen LogP contribution in [0.15, 0.2) is 10.3 Å². The van der Waals surface area contributed by atoms with Gasteiger partial charge in [0.25, 0.3) is 0 Å². The summed E-state index contributed by atoms with van der Waals surface area (Å²) >= 11 is 0.760. The van der Waals surface area contributed by atoms with Gasteiger partial charge in [-0.2, -0.15) is 0 Å². The van der Waals surface area contributed by atoms with Crippen LogP contribution in [0.4, 0.5) is 10.7 Å². The molecule has 118 valence electrons. The maximum Gasteiger partial charge on any atom is 0.304 e. The van der Waals surface area contributed by atoms with E-state index >= 15 is 0 Å². The molecule has 0 saturated heterocycles. The third-order valence-corrected chi connectivity index (χ3v) is 5.47. The van der Waals surface area contributed by atoms with E-state index < -0.39 is 14.9 Å². The number of rotatable bonds is 8. The Bertz CT molecular complexity index is 625.